The minimum absolute atomic E-state index is 0.0697. The summed E-state index contributed by atoms with van der Waals surface area (Å²) >= 11 is 5.83. The lowest BCUT2D eigenvalue weighted by Crippen LogP contribution is -2.40. The molecule has 0 saturated heterocycles. The maximum atomic E-state index is 14.4. The molecule has 0 fully saturated rings. The first-order chi connectivity index (χ1) is 23.6. The van der Waals surface area contributed by atoms with Crippen molar-refractivity contribution in [1.29, 1.82) is 0 Å². The van der Waals surface area contributed by atoms with E-state index in [0.29, 0.717) is 50.0 Å². The van der Waals surface area contributed by atoms with Gasteiger partial charge in [-0.2, -0.15) is 0 Å². The van der Waals surface area contributed by atoms with Gasteiger partial charge in [0, 0.05) is 9.13 Å². The van der Waals surface area contributed by atoms with E-state index in [1.165, 1.54) is 11.3 Å². The summed E-state index contributed by atoms with van der Waals surface area (Å²) in [6, 6.07) is 23.1. The number of carbonyl (C=O) groups excluding carboxylic acids is 1. The van der Waals surface area contributed by atoms with Gasteiger partial charge in [0.25, 0.3) is 5.56 Å². The normalized spacial score (nSPS) is 14.5. The fraction of sp³-hybridized carbons (Fsp3) is 0.237. The zero-order valence-electron chi connectivity index (χ0n) is 27.6. The molecule has 6 rings (SSSR count). The SMILES string of the molecule is CCOC(=O)C1=C(C)N=c2s/c(=C/c3cc(I)cc(I)c3OCc3cccc4ccccc34)c(=O)n2[C@@H]1c1ccc(OC(C)C)c(OC)c1. The fourth-order valence-corrected chi connectivity index (χ4v) is 8.94. The van der Waals surface area contributed by atoms with Crippen LogP contribution in [0.25, 0.3) is 16.8 Å². The number of nitrogens with zero attached hydrogens (tertiary/aromatic N) is 2. The Morgan fingerprint density at radius 3 is 2.57 bits per heavy atom. The number of halogens is 2. The number of aromatic nitrogens is 1. The molecule has 1 aliphatic rings. The first kappa shape index (κ1) is 35.1. The minimum Gasteiger partial charge on any atom is -0.493 e. The molecule has 2 heterocycles. The second-order valence-corrected chi connectivity index (χ2v) is 15.0. The number of ether oxygens (including phenoxy) is 4. The average Bonchev–Trinajstić information content (AvgIpc) is 3.37. The van der Waals surface area contributed by atoms with Crippen LogP contribution in [0.1, 0.15) is 50.4 Å². The van der Waals surface area contributed by atoms with E-state index in [-0.39, 0.29) is 18.3 Å². The van der Waals surface area contributed by atoms with Gasteiger partial charge in [-0.3, -0.25) is 9.36 Å². The number of carbonyl (C=O) groups is 1. The van der Waals surface area contributed by atoms with Gasteiger partial charge in [-0.05, 0) is 125 Å². The number of hydrogen-bond donors (Lipinski definition) is 0. The summed E-state index contributed by atoms with van der Waals surface area (Å²) in [6.07, 6.45) is 1.78. The lowest BCUT2D eigenvalue weighted by atomic mass is 9.95. The second-order valence-electron chi connectivity index (χ2n) is 11.6. The molecule has 0 N–H and O–H groups in total. The van der Waals surface area contributed by atoms with Crippen LogP contribution in [0.3, 0.4) is 0 Å². The molecule has 11 heteroatoms. The van der Waals surface area contributed by atoms with Crippen LogP contribution in [0, 0.1) is 7.14 Å². The van der Waals surface area contributed by atoms with Crippen molar-refractivity contribution < 1.29 is 23.7 Å². The lowest BCUT2D eigenvalue weighted by molar-refractivity contribution is -0.139. The highest BCUT2D eigenvalue weighted by molar-refractivity contribution is 14.1. The molecule has 0 bridgehead atoms. The number of rotatable bonds is 10. The van der Waals surface area contributed by atoms with E-state index in [1.54, 1.807) is 37.7 Å². The summed E-state index contributed by atoms with van der Waals surface area (Å²) in [4.78, 5) is 33.1. The second kappa shape index (κ2) is 15.1. The largest absolute Gasteiger partial charge is 0.493 e. The topological polar surface area (TPSA) is 88.4 Å². The van der Waals surface area contributed by atoms with Crippen LogP contribution >= 0.6 is 56.5 Å². The molecule has 1 aliphatic heterocycles. The summed E-state index contributed by atoms with van der Waals surface area (Å²) < 4.78 is 27.6. The van der Waals surface area contributed by atoms with Gasteiger partial charge in [-0.1, -0.05) is 59.9 Å². The van der Waals surface area contributed by atoms with Gasteiger partial charge >= 0.3 is 5.97 Å². The number of benzene rings is 4. The molecule has 5 aromatic rings. The first-order valence-electron chi connectivity index (χ1n) is 15.7. The quantitative estimate of drug-likeness (QED) is 0.107. The Balaban J connectivity index is 1.48. The van der Waals surface area contributed by atoms with Gasteiger partial charge in [0.1, 0.15) is 12.4 Å². The average molecular weight is 901 g/mol. The van der Waals surface area contributed by atoms with Crippen molar-refractivity contribution >= 4 is 79.3 Å². The summed E-state index contributed by atoms with van der Waals surface area (Å²) in [7, 11) is 1.56. The third-order valence-corrected chi connectivity index (χ3v) is 10.4. The molecule has 8 nitrogen and oxygen atoms in total. The van der Waals surface area contributed by atoms with Gasteiger partial charge in [0.15, 0.2) is 16.3 Å². The van der Waals surface area contributed by atoms with Crippen molar-refractivity contribution in [2.45, 2.75) is 46.4 Å². The number of fused-ring (bicyclic) bond motifs is 2. The van der Waals surface area contributed by atoms with Gasteiger partial charge < -0.3 is 18.9 Å². The van der Waals surface area contributed by atoms with Crippen LogP contribution < -0.4 is 29.1 Å². The number of hydrogen-bond acceptors (Lipinski definition) is 8. The van der Waals surface area contributed by atoms with E-state index in [4.69, 9.17) is 23.9 Å². The van der Waals surface area contributed by atoms with Gasteiger partial charge in [0.2, 0.25) is 0 Å². The van der Waals surface area contributed by atoms with Crippen molar-refractivity contribution in [2.24, 2.45) is 4.99 Å². The van der Waals surface area contributed by atoms with E-state index in [0.717, 1.165) is 29.0 Å². The van der Waals surface area contributed by atoms with Crippen LogP contribution in [0.5, 0.6) is 17.2 Å². The van der Waals surface area contributed by atoms with Crippen LogP contribution in [0.4, 0.5) is 0 Å². The number of esters is 1. The summed E-state index contributed by atoms with van der Waals surface area (Å²) in [5.74, 6) is 1.22. The molecule has 0 radical (unpaired) electrons. The Hall–Kier alpha value is -3.69. The molecular weight excluding hydrogens is 866 g/mol. The van der Waals surface area contributed by atoms with Crippen molar-refractivity contribution in [2.75, 3.05) is 13.7 Å². The number of allylic oxidation sites excluding steroid dienone is 1. The van der Waals surface area contributed by atoms with E-state index < -0.39 is 12.0 Å². The van der Waals surface area contributed by atoms with Crippen LogP contribution in [-0.2, 0) is 16.1 Å². The highest BCUT2D eigenvalue weighted by Crippen LogP contribution is 2.37. The Morgan fingerprint density at radius 2 is 1.82 bits per heavy atom. The zero-order valence-corrected chi connectivity index (χ0v) is 32.7. The third kappa shape index (κ3) is 7.29. The predicted octanol–water partition coefficient (Wildman–Crippen LogP) is 7.54. The molecule has 0 unspecified atom stereocenters. The summed E-state index contributed by atoms with van der Waals surface area (Å²) in [5.41, 5.74) is 3.01. The van der Waals surface area contributed by atoms with E-state index in [9.17, 15) is 9.59 Å². The Kier molecular flexibility index (Phi) is 10.8. The zero-order chi connectivity index (χ0) is 34.8. The van der Waals surface area contributed by atoms with Crippen molar-refractivity contribution in [3.05, 3.63) is 128 Å². The molecule has 252 valence electrons. The Bertz CT molecular complexity index is 2290. The number of methoxy groups -OCH3 is 1. The van der Waals surface area contributed by atoms with Crippen LogP contribution in [-0.4, -0.2) is 30.4 Å². The Labute approximate surface area is 315 Å². The van der Waals surface area contributed by atoms with Crippen molar-refractivity contribution in [3.63, 3.8) is 0 Å². The molecule has 0 saturated carbocycles. The third-order valence-electron chi connectivity index (χ3n) is 7.96. The molecule has 0 aliphatic carbocycles. The lowest BCUT2D eigenvalue weighted by Gasteiger charge is -2.25. The van der Waals surface area contributed by atoms with Crippen molar-refractivity contribution in [1.82, 2.24) is 4.57 Å². The molecular formula is C38H34I2N2O6S. The van der Waals surface area contributed by atoms with Crippen LogP contribution in [0.15, 0.2) is 93.9 Å². The van der Waals surface area contributed by atoms with E-state index >= 15 is 0 Å². The maximum Gasteiger partial charge on any atom is 0.338 e. The van der Waals surface area contributed by atoms with Gasteiger partial charge in [-0.25, -0.2) is 9.79 Å². The van der Waals surface area contributed by atoms with E-state index in [1.807, 2.05) is 56.3 Å². The van der Waals surface area contributed by atoms with E-state index in [2.05, 4.69) is 69.4 Å². The molecule has 1 atom stereocenters. The van der Waals surface area contributed by atoms with Gasteiger partial charge in [0.05, 0.1) is 45.2 Å². The highest BCUT2D eigenvalue weighted by Gasteiger charge is 2.34. The summed E-state index contributed by atoms with van der Waals surface area (Å²) in [6.45, 7) is 7.94. The first-order valence-corrected chi connectivity index (χ1v) is 18.7. The molecule has 1 aromatic heterocycles. The predicted molar refractivity (Wildman–Crippen MR) is 209 cm³/mol. The molecule has 49 heavy (non-hydrogen) atoms. The molecule has 0 amide bonds. The highest BCUT2D eigenvalue weighted by atomic mass is 127. The monoisotopic (exact) mass is 900 g/mol. The smallest absolute Gasteiger partial charge is 0.338 e. The minimum atomic E-state index is -0.794. The molecule has 0 spiro atoms. The fourth-order valence-electron chi connectivity index (χ4n) is 5.86. The van der Waals surface area contributed by atoms with Crippen molar-refractivity contribution in [3.8, 4) is 17.2 Å². The Morgan fingerprint density at radius 1 is 1.04 bits per heavy atom. The van der Waals surface area contributed by atoms with Crippen LogP contribution in [0.2, 0.25) is 0 Å². The standard InChI is InChI=1S/C38H34I2N2O6S/c1-6-46-37(44)33-22(4)41-38-42(34(33)24-14-15-30(48-21(2)3)31(17-24)45-5)36(43)32(49-38)18-26-16-27(39)19-29(40)35(26)47-20-25-12-9-11-23-10-7-8-13-28(23)25/h7-19,21,34H,6,20H2,1-5H3/b32-18+/t34-/m1/s1. The van der Waals surface area contributed by atoms with Gasteiger partial charge in [-0.15, -0.1) is 0 Å². The maximum absolute atomic E-state index is 14.4. The molecule has 4 aromatic carbocycles. The summed E-state index contributed by atoms with van der Waals surface area (Å²) in [5, 5.41) is 2.28. The number of thiazole rings is 1.